The number of rotatable bonds is 6. The van der Waals surface area contributed by atoms with Crippen LogP contribution in [0.1, 0.15) is 33.1 Å². The minimum Gasteiger partial charge on any atom is -0.356 e. The molecule has 1 aliphatic rings. The van der Waals surface area contributed by atoms with Gasteiger partial charge in [-0.05, 0) is 31.1 Å². The molecule has 2 unspecified atom stereocenters. The topological polar surface area (TPSA) is 55.1 Å². The van der Waals surface area contributed by atoms with Gasteiger partial charge in [-0.2, -0.15) is 0 Å². The SMILES string of the molecule is CCC(CN)C(=O)NCC(C)C1CC1. The number of carbonyl (C=O) groups excluding carboxylic acids is 1. The molecule has 0 radical (unpaired) electrons. The fourth-order valence-electron chi connectivity index (χ4n) is 1.70. The molecular formula is C11H22N2O. The molecule has 0 aromatic rings. The molecule has 1 amide bonds. The molecule has 82 valence electrons. The van der Waals surface area contributed by atoms with Crippen molar-refractivity contribution in [2.24, 2.45) is 23.5 Å². The van der Waals surface area contributed by atoms with Gasteiger partial charge in [0.25, 0.3) is 0 Å². The predicted octanol–water partition coefficient (Wildman–Crippen LogP) is 1.13. The van der Waals surface area contributed by atoms with Crippen LogP contribution in [0.15, 0.2) is 0 Å². The van der Waals surface area contributed by atoms with Crippen LogP contribution in [0.3, 0.4) is 0 Å². The molecule has 14 heavy (non-hydrogen) atoms. The van der Waals surface area contributed by atoms with E-state index in [0.29, 0.717) is 12.5 Å². The fourth-order valence-corrected chi connectivity index (χ4v) is 1.70. The van der Waals surface area contributed by atoms with Gasteiger partial charge in [0, 0.05) is 19.0 Å². The number of hydrogen-bond donors (Lipinski definition) is 2. The van der Waals surface area contributed by atoms with Crippen molar-refractivity contribution >= 4 is 5.91 Å². The smallest absolute Gasteiger partial charge is 0.224 e. The maximum atomic E-state index is 11.6. The lowest BCUT2D eigenvalue weighted by Gasteiger charge is -2.15. The fraction of sp³-hybridized carbons (Fsp3) is 0.909. The minimum absolute atomic E-state index is 0.00130. The second-order valence-corrected chi connectivity index (χ2v) is 4.40. The number of hydrogen-bond acceptors (Lipinski definition) is 2. The summed E-state index contributed by atoms with van der Waals surface area (Å²) in [6.07, 6.45) is 3.51. The van der Waals surface area contributed by atoms with Crippen molar-refractivity contribution in [2.45, 2.75) is 33.1 Å². The van der Waals surface area contributed by atoms with E-state index in [0.717, 1.165) is 18.9 Å². The number of nitrogens with two attached hydrogens (primary N) is 1. The van der Waals surface area contributed by atoms with Crippen LogP contribution in [-0.2, 0) is 4.79 Å². The molecule has 0 bridgehead atoms. The second-order valence-electron chi connectivity index (χ2n) is 4.40. The molecule has 3 N–H and O–H groups in total. The third kappa shape index (κ3) is 3.29. The third-order valence-electron chi connectivity index (χ3n) is 3.17. The number of amides is 1. The lowest BCUT2D eigenvalue weighted by molar-refractivity contribution is -0.124. The molecular weight excluding hydrogens is 176 g/mol. The standard InChI is InChI=1S/C11H22N2O/c1-3-9(6-12)11(14)13-7-8(2)10-4-5-10/h8-10H,3-7,12H2,1-2H3,(H,13,14). The van der Waals surface area contributed by atoms with Crippen LogP contribution in [0.25, 0.3) is 0 Å². The van der Waals surface area contributed by atoms with Gasteiger partial charge in [-0.25, -0.2) is 0 Å². The van der Waals surface area contributed by atoms with Crippen molar-refractivity contribution in [3.8, 4) is 0 Å². The second kappa shape index (κ2) is 5.35. The number of carbonyl (C=O) groups is 1. The number of nitrogens with one attached hydrogen (secondary N) is 1. The van der Waals surface area contributed by atoms with Gasteiger partial charge in [0.2, 0.25) is 5.91 Å². The van der Waals surface area contributed by atoms with E-state index >= 15 is 0 Å². The zero-order valence-corrected chi connectivity index (χ0v) is 9.25. The van der Waals surface area contributed by atoms with E-state index in [4.69, 9.17) is 5.73 Å². The van der Waals surface area contributed by atoms with Gasteiger partial charge in [-0.3, -0.25) is 4.79 Å². The van der Waals surface area contributed by atoms with Crippen LogP contribution in [0.4, 0.5) is 0 Å². The van der Waals surface area contributed by atoms with Crippen molar-refractivity contribution in [2.75, 3.05) is 13.1 Å². The van der Waals surface area contributed by atoms with E-state index in [2.05, 4.69) is 12.2 Å². The Balaban J connectivity index is 2.18. The minimum atomic E-state index is 0.00130. The van der Waals surface area contributed by atoms with Crippen molar-refractivity contribution in [3.63, 3.8) is 0 Å². The van der Waals surface area contributed by atoms with Gasteiger partial charge >= 0.3 is 0 Å². The molecule has 1 aliphatic carbocycles. The average molecular weight is 198 g/mol. The molecule has 0 saturated heterocycles. The molecule has 2 atom stereocenters. The first-order valence-corrected chi connectivity index (χ1v) is 5.66. The van der Waals surface area contributed by atoms with E-state index in [1.807, 2.05) is 6.92 Å². The van der Waals surface area contributed by atoms with E-state index in [1.54, 1.807) is 0 Å². The van der Waals surface area contributed by atoms with Crippen molar-refractivity contribution in [3.05, 3.63) is 0 Å². The molecule has 0 aromatic carbocycles. The maximum absolute atomic E-state index is 11.6. The Morgan fingerprint density at radius 3 is 2.64 bits per heavy atom. The molecule has 1 fully saturated rings. The first-order valence-electron chi connectivity index (χ1n) is 5.66. The van der Waals surface area contributed by atoms with E-state index in [1.165, 1.54) is 12.8 Å². The monoisotopic (exact) mass is 198 g/mol. The highest BCUT2D eigenvalue weighted by molar-refractivity contribution is 5.78. The van der Waals surface area contributed by atoms with E-state index in [9.17, 15) is 4.79 Å². The van der Waals surface area contributed by atoms with Gasteiger partial charge in [-0.15, -0.1) is 0 Å². The molecule has 1 rings (SSSR count). The highest BCUT2D eigenvalue weighted by atomic mass is 16.1. The highest BCUT2D eigenvalue weighted by Gasteiger charge is 2.28. The molecule has 3 heteroatoms. The summed E-state index contributed by atoms with van der Waals surface area (Å²) in [6, 6.07) is 0. The quantitative estimate of drug-likeness (QED) is 0.672. The van der Waals surface area contributed by atoms with E-state index < -0.39 is 0 Å². The maximum Gasteiger partial charge on any atom is 0.224 e. The summed E-state index contributed by atoms with van der Waals surface area (Å²) in [4.78, 5) is 11.6. The predicted molar refractivity (Wildman–Crippen MR) is 57.7 cm³/mol. The lowest BCUT2D eigenvalue weighted by atomic mass is 10.0. The Kier molecular flexibility index (Phi) is 4.39. The molecule has 1 saturated carbocycles. The summed E-state index contributed by atoms with van der Waals surface area (Å²) in [5.41, 5.74) is 5.50. The summed E-state index contributed by atoms with van der Waals surface area (Å²) < 4.78 is 0. The van der Waals surface area contributed by atoms with Crippen molar-refractivity contribution < 1.29 is 4.79 Å². The Morgan fingerprint density at radius 1 is 1.57 bits per heavy atom. The Hall–Kier alpha value is -0.570. The van der Waals surface area contributed by atoms with Gasteiger partial charge < -0.3 is 11.1 Å². The van der Waals surface area contributed by atoms with Gasteiger partial charge in [-0.1, -0.05) is 13.8 Å². The first kappa shape index (κ1) is 11.5. The zero-order chi connectivity index (χ0) is 10.6. The molecule has 3 nitrogen and oxygen atoms in total. The highest BCUT2D eigenvalue weighted by Crippen LogP contribution is 2.36. The van der Waals surface area contributed by atoms with E-state index in [-0.39, 0.29) is 11.8 Å². The summed E-state index contributed by atoms with van der Waals surface area (Å²) in [5.74, 6) is 1.62. The first-order chi connectivity index (χ1) is 6.69. The summed E-state index contributed by atoms with van der Waals surface area (Å²) in [7, 11) is 0. The van der Waals surface area contributed by atoms with Gasteiger partial charge in [0.05, 0.1) is 0 Å². The summed E-state index contributed by atoms with van der Waals surface area (Å²) in [5, 5.41) is 2.99. The molecule has 0 heterocycles. The average Bonchev–Trinajstić information content (AvgIpc) is 2.99. The largest absolute Gasteiger partial charge is 0.356 e. The summed E-state index contributed by atoms with van der Waals surface area (Å²) in [6.45, 7) is 5.49. The van der Waals surface area contributed by atoms with Crippen LogP contribution >= 0.6 is 0 Å². The van der Waals surface area contributed by atoms with Crippen LogP contribution in [0.2, 0.25) is 0 Å². The van der Waals surface area contributed by atoms with Crippen LogP contribution in [-0.4, -0.2) is 19.0 Å². The van der Waals surface area contributed by atoms with Crippen LogP contribution < -0.4 is 11.1 Å². The Morgan fingerprint density at radius 2 is 2.21 bits per heavy atom. The Bertz CT molecular complexity index is 186. The molecule has 0 aliphatic heterocycles. The Labute approximate surface area is 86.4 Å². The lowest BCUT2D eigenvalue weighted by Crippen LogP contribution is -2.37. The van der Waals surface area contributed by atoms with Crippen molar-refractivity contribution in [1.29, 1.82) is 0 Å². The third-order valence-corrected chi connectivity index (χ3v) is 3.17. The van der Waals surface area contributed by atoms with Gasteiger partial charge in [0.1, 0.15) is 0 Å². The summed E-state index contributed by atoms with van der Waals surface area (Å²) >= 11 is 0. The van der Waals surface area contributed by atoms with Crippen LogP contribution in [0, 0.1) is 17.8 Å². The normalized spacial score (nSPS) is 20.2. The zero-order valence-electron chi connectivity index (χ0n) is 9.25. The molecule has 0 spiro atoms. The van der Waals surface area contributed by atoms with Crippen LogP contribution in [0.5, 0.6) is 0 Å². The molecule has 0 aromatic heterocycles. The van der Waals surface area contributed by atoms with Gasteiger partial charge in [0.15, 0.2) is 0 Å². The van der Waals surface area contributed by atoms with Crippen molar-refractivity contribution in [1.82, 2.24) is 5.32 Å².